The van der Waals surface area contributed by atoms with E-state index in [0.717, 1.165) is 23.3 Å². The molecule has 1 aromatic carbocycles. The van der Waals surface area contributed by atoms with E-state index in [0.29, 0.717) is 5.92 Å². The fraction of sp³-hybridized carbons (Fsp3) is 0.500. The van der Waals surface area contributed by atoms with E-state index in [9.17, 15) is 9.18 Å². The lowest BCUT2D eigenvalue weighted by Gasteiger charge is -2.19. The van der Waals surface area contributed by atoms with Gasteiger partial charge in [-0.05, 0) is 70.2 Å². The fourth-order valence-electron chi connectivity index (χ4n) is 2.36. The molecule has 0 radical (unpaired) electrons. The van der Waals surface area contributed by atoms with E-state index in [1.165, 1.54) is 12.1 Å². The van der Waals surface area contributed by atoms with Gasteiger partial charge in [-0.3, -0.25) is 4.79 Å². The summed E-state index contributed by atoms with van der Waals surface area (Å²) in [6.45, 7) is 9.48. The van der Waals surface area contributed by atoms with Crippen LogP contribution in [0.5, 0.6) is 0 Å². The van der Waals surface area contributed by atoms with Gasteiger partial charge in [-0.15, -0.1) is 0 Å². The molecule has 0 aliphatic heterocycles. The fourth-order valence-corrected chi connectivity index (χ4v) is 2.36. The largest absolute Gasteiger partial charge is 0.430 e. The number of halogens is 1. The number of carbonyl (C=O) groups excluding carboxylic acids is 1. The Labute approximate surface area is 126 Å². The van der Waals surface area contributed by atoms with Gasteiger partial charge in [0, 0.05) is 5.92 Å². The number of hydrogen-bond donors (Lipinski definition) is 0. The van der Waals surface area contributed by atoms with Crippen molar-refractivity contribution in [1.29, 1.82) is 0 Å². The van der Waals surface area contributed by atoms with Crippen molar-refractivity contribution in [1.82, 2.24) is 0 Å². The van der Waals surface area contributed by atoms with E-state index in [4.69, 9.17) is 4.74 Å². The van der Waals surface area contributed by atoms with Crippen LogP contribution in [0, 0.1) is 17.2 Å². The third kappa shape index (κ3) is 3.72. The minimum absolute atomic E-state index is 0.205. The molecule has 0 bridgehead atoms. The Balaban J connectivity index is 2.11. The van der Waals surface area contributed by atoms with Gasteiger partial charge in [0.15, 0.2) is 0 Å². The molecule has 1 aromatic rings. The summed E-state index contributed by atoms with van der Waals surface area (Å²) in [5, 5.41) is 0. The number of rotatable bonds is 3. The quantitative estimate of drug-likeness (QED) is 0.589. The SMILES string of the molecule is CC(C)=C(OC(=O)C(C)(C)C)[C@@H]1C[C@@H]1c1ccc(F)cc1. The summed E-state index contributed by atoms with van der Waals surface area (Å²) < 4.78 is 18.6. The predicted octanol–water partition coefficient (Wildman–Crippen LogP) is 4.81. The van der Waals surface area contributed by atoms with E-state index in [-0.39, 0.29) is 17.7 Å². The maximum absolute atomic E-state index is 13.0. The first kappa shape index (κ1) is 15.7. The van der Waals surface area contributed by atoms with Crippen molar-refractivity contribution in [3.05, 3.63) is 47.0 Å². The second kappa shape index (κ2) is 5.63. The van der Waals surface area contributed by atoms with Crippen molar-refractivity contribution in [3.8, 4) is 0 Å². The summed E-state index contributed by atoms with van der Waals surface area (Å²) in [5.74, 6) is 0.903. The van der Waals surface area contributed by atoms with E-state index in [2.05, 4.69) is 0 Å². The van der Waals surface area contributed by atoms with Crippen molar-refractivity contribution < 1.29 is 13.9 Å². The van der Waals surface area contributed by atoms with Gasteiger partial charge in [0.25, 0.3) is 0 Å². The minimum atomic E-state index is -0.513. The topological polar surface area (TPSA) is 26.3 Å². The molecule has 2 nitrogen and oxygen atoms in total. The van der Waals surface area contributed by atoms with Crippen LogP contribution in [0.1, 0.15) is 52.5 Å². The van der Waals surface area contributed by atoms with Crippen molar-refractivity contribution in [2.75, 3.05) is 0 Å². The Bertz CT molecular complexity index is 560. The summed E-state index contributed by atoms with van der Waals surface area (Å²) in [6, 6.07) is 6.59. The zero-order valence-corrected chi connectivity index (χ0v) is 13.4. The highest BCUT2D eigenvalue weighted by molar-refractivity contribution is 5.76. The number of carbonyl (C=O) groups is 1. The van der Waals surface area contributed by atoms with Gasteiger partial charge in [0.2, 0.25) is 0 Å². The highest BCUT2D eigenvalue weighted by Crippen LogP contribution is 2.53. The van der Waals surface area contributed by atoms with Crippen LogP contribution in [0.3, 0.4) is 0 Å². The van der Waals surface area contributed by atoms with Crippen LogP contribution in [0.4, 0.5) is 4.39 Å². The zero-order valence-electron chi connectivity index (χ0n) is 13.4. The zero-order chi connectivity index (χ0) is 15.8. The van der Waals surface area contributed by atoms with Crippen LogP contribution in [-0.4, -0.2) is 5.97 Å². The average Bonchev–Trinajstić information content (AvgIpc) is 3.15. The molecule has 0 N–H and O–H groups in total. The molecule has 0 spiro atoms. The van der Waals surface area contributed by atoms with Gasteiger partial charge >= 0.3 is 5.97 Å². The Morgan fingerprint density at radius 1 is 1.19 bits per heavy atom. The van der Waals surface area contributed by atoms with Crippen LogP contribution in [0.25, 0.3) is 0 Å². The average molecular weight is 290 g/mol. The molecule has 0 heterocycles. The second-order valence-corrected chi connectivity index (χ2v) is 7.00. The molecule has 2 rings (SSSR count). The van der Waals surface area contributed by atoms with E-state index in [1.807, 2.05) is 46.8 Å². The Morgan fingerprint density at radius 3 is 2.24 bits per heavy atom. The summed E-state index contributed by atoms with van der Waals surface area (Å²) in [4.78, 5) is 12.1. The van der Waals surface area contributed by atoms with Gasteiger partial charge in [-0.2, -0.15) is 0 Å². The number of hydrogen-bond acceptors (Lipinski definition) is 2. The van der Waals surface area contributed by atoms with E-state index in [1.54, 1.807) is 0 Å². The lowest BCUT2D eigenvalue weighted by Crippen LogP contribution is -2.23. The van der Waals surface area contributed by atoms with Gasteiger partial charge in [0.1, 0.15) is 11.6 Å². The van der Waals surface area contributed by atoms with Gasteiger partial charge < -0.3 is 4.74 Å². The molecule has 0 amide bonds. The molecule has 1 fully saturated rings. The Kier molecular flexibility index (Phi) is 4.22. The standard InChI is InChI=1S/C18H23FO2/c1-11(2)16(21-17(20)18(3,4)5)15-10-14(15)12-6-8-13(19)9-7-12/h6-9,14-15H,10H2,1-5H3/t14-,15-/m1/s1. The summed E-state index contributed by atoms with van der Waals surface area (Å²) >= 11 is 0. The van der Waals surface area contributed by atoms with Gasteiger partial charge in [-0.1, -0.05) is 12.1 Å². The maximum atomic E-state index is 13.0. The Hall–Kier alpha value is -1.64. The second-order valence-electron chi connectivity index (χ2n) is 7.00. The predicted molar refractivity (Wildman–Crippen MR) is 81.2 cm³/mol. The summed E-state index contributed by atoms with van der Waals surface area (Å²) in [6.07, 6.45) is 0.948. The molecule has 2 atom stereocenters. The summed E-state index contributed by atoms with van der Waals surface area (Å²) in [5.41, 5.74) is 1.62. The van der Waals surface area contributed by atoms with E-state index >= 15 is 0 Å². The smallest absolute Gasteiger partial charge is 0.316 e. The third-order valence-corrected chi connectivity index (χ3v) is 3.73. The molecule has 1 aliphatic rings. The van der Waals surface area contributed by atoms with Crippen molar-refractivity contribution >= 4 is 5.97 Å². The van der Waals surface area contributed by atoms with Crippen molar-refractivity contribution in [2.24, 2.45) is 11.3 Å². The molecular formula is C18H23FO2. The normalized spacial score (nSPS) is 20.9. The van der Waals surface area contributed by atoms with Gasteiger partial charge in [0.05, 0.1) is 5.41 Å². The van der Waals surface area contributed by atoms with E-state index < -0.39 is 5.41 Å². The maximum Gasteiger partial charge on any atom is 0.316 e. The molecular weight excluding hydrogens is 267 g/mol. The molecule has 0 saturated heterocycles. The molecule has 1 saturated carbocycles. The first-order chi connectivity index (χ1) is 9.70. The number of allylic oxidation sites excluding steroid dienone is 2. The highest BCUT2D eigenvalue weighted by Gasteiger charge is 2.44. The monoisotopic (exact) mass is 290 g/mol. The number of esters is 1. The molecule has 114 valence electrons. The first-order valence-corrected chi connectivity index (χ1v) is 7.35. The molecule has 3 heteroatoms. The molecule has 0 aromatic heterocycles. The van der Waals surface area contributed by atoms with Crippen LogP contribution in [-0.2, 0) is 9.53 Å². The van der Waals surface area contributed by atoms with Crippen LogP contribution < -0.4 is 0 Å². The lowest BCUT2D eigenvalue weighted by atomic mass is 9.97. The van der Waals surface area contributed by atoms with Crippen LogP contribution in [0.2, 0.25) is 0 Å². The number of ether oxygens (including phenoxy) is 1. The first-order valence-electron chi connectivity index (χ1n) is 7.35. The number of benzene rings is 1. The highest BCUT2D eigenvalue weighted by atomic mass is 19.1. The minimum Gasteiger partial charge on any atom is -0.430 e. The van der Waals surface area contributed by atoms with Crippen LogP contribution >= 0.6 is 0 Å². The third-order valence-electron chi connectivity index (χ3n) is 3.73. The Morgan fingerprint density at radius 2 is 1.76 bits per heavy atom. The lowest BCUT2D eigenvalue weighted by molar-refractivity contribution is -0.149. The molecule has 21 heavy (non-hydrogen) atoms. The van der Waals surface area contributed by atoms with Crippen LogP contribution in [0.15, 0.2) is 35.6 Å². The molecule has 0 unspecified atom stereocenters. The summed E-state index contributed by atoms with van der Waals surface area (Å²) in [7, 11) is 0. The van der Waals surface area contributed by atoms with Crippen molar-refractivity contribution in [2.45, 2.75) is 47.0 Å². The molecule has 1 aliphatic carbocycles. The van der Waals surface area contributed by atoms with Crippen molar-refractivity contribution in [3.63, 3.8) is 0 Å². The van der Waals surface area contributed by atoms with Gasteiger partial charge in [-0.25, -0.2) is 4.39 Å².